The van der Waals surface area contributed by atoms with E-state index in [-0.39, 0.29) is 5.69 Å². The van der Waals surface area contributed by atoms with Crippen molar-refractivity contribution in [1.82, 2.24) is 30.2 Å². The van der Waals surface area contributed by atoms with Crippen LogP contribution in [0.3, 0.4) is 0 Å². The van der Waals surface area contributed by atoms with Gasteiger partial charge < -0.3 is 10.1 Å². The van der Waals surface area contributed by atoms with Crippen LogP contribution in [0.1, 0.15) is 48.2 Å². The van der Waals surface area contributed by atoms with E-state index >= 15 is 0 Å². The van der Waals surface area contributed by atoms with Gasteiger partial charge in [0.2, 0.25) is 0 Å². The number of anilines is 2. The summed E-state index contributed by atoms with van der Waals surface area (Å²) in [5, 5.41) is 16.9. The van der Waals surface area contributed by atoms with Crippen molar-refractivity contribution < 1.29 is 9.53 Å². The Hall–Kier alpha value is -2.88. The third-order valence-electron chi connectivity index (χ3n) is 3.67. The molecule has 1 aliphatic carbocycles. The first kappa shape index (κ1) is 15.6. The Morgan fingerprint density at radius 1 is 1.44 bits per heavy atom. The van der Waals surface area contributed by atoms with Gasteiger partial charge in [0.15, 0.2) is 22.8 Å². The minimum atomic E-state index is -0.544. The fraction of sp³-hybridized carbons (Fsp3) is 0.333. The van der Waals surface area contributed by atoms with Crippen molar-refractivity contribution in [2.24, 2.45) is 0 Å². The molecule has 1 aliphatic rings. The Morgan fingerprint density at radius 2 is 2.32 bits per heavy atom. The van der Waals surface area contributed by atoms with E-state index in [9.17, 15) is 4.79 Å². The molecule has 10 heteroatoms. The molecule has 0 aromatic carbocycles. The zero-order valence-corrected chi connectivity index (χ0v) is 14.2. The number of aromatic nitrogens is 6. The van der Waals surface area contributed by atoms with E-state index in [2.05, 4.69) is 30.8 Å². The number of tetrazole rings is 1. The van der Waals surface area contributed by atoms with E-state index < -0.39 is 12.1 Å². The summed E-state index contributed by atoms with van der Waals surface area (Å²) in [5.74, 6) is 0.704. The Kier molecular flexibility index (Phi) is 4.10. The first-order valence-electron chi connectivity index (χ1n) is 7.83. The molecule has 1 unspecified atom stereocenters. The van der Waals surface area contributed by atoms with Crippen molar-refractivity contribution in [1.29, 1.82) is 0 Å². The van der Waals surface area contributed by atoms with Gasteiger partial charge >= 0.3 is 5.97 Å². The second-order valence-electron chi connectivity index (χ2n) is 5.64. The fourth-order valence-corrected chi connectivity index (χ4v) is 2.98. The number of rotatable bonds is 6. The van der Waals surface area contributed by atoms with Gasteiger partial charge in [0, 0.05) is 11.6 Å². The lowest BCUT2D eigenvalue weighted by molar-refractivity contribution is 0.0304. The number of hydrogen-bond donors (Lipinski definition) is 1. The van der Waals surface area contributed by atoms with Crippen LogP contribution >= 0.6 is 11.3 Å². The monoisotopic (exact) mass is 357 g/mol. The minimum Gasteiger partial charge on any atom is -0.450 e. The molecule has 1 fully saturated rings. The van der Waals surface area contributed by atoms with Gasteiger partial charge in [0.05, 0.1) is 6.04 Å². The standard InChI is InChI=1S/C15H15N7O2S/c1-9(13-19-20-21-22(13)10-5-6-10)24-14(23)11-8-25-15(17-11)18-12-4-2-3-7-16-12/h2-4,7-10H,5-6H2,1H3,(H,16,17,18). The quantitative estimate of drug-likeness (QED) is 0.671. The van der Waals surface area contributed by atoms with Crippen LogP contribution in [-0.2, 0) is 4.74 Å². The molecule has 0 amide bonds. The van der Waals surface area contributed by atoms with Gasteiger partial charge in [-0.1, -0.05) is 6.07 Å². The Labute approximate surface area is 147 Å². The maximum absolute atomic E-state index is 12.3. The molecule has 3 aromatic rings. The maximum Gasteiger partial charge on any atom is 0.358 e. The zero-order chi connectivity index (χ0) is 17.2. The molecule has 1 saturated carbocycles. The summed E-state index contributed by atoms with van der Waals surface area (Å²) in [6.07, 6.45) is 3.23. The molecule has 25 heavy (non-hydrogen) atoms. The third-order valence-corrected chi connectivity index (χ3v) is 4.43. The molecule has 1 atom stereocenters. The summed E-state index contributed by atoms with van der Waals surface area (Å²) in [7, 11) is 0. The normalized spacial score (nSPS) is 14.9. The Balaban J connectivity index is 1.42. The molecule has 0 spiro atoms. The van der Waals surface area contributed by atoms with Crippen LogP contribution in [0.15, 0.2) is 29.8 Å². The van der Waals surface area contributed by atoms with Crippen molar-refractivity contribution in [3.05, 3.63) is 41.3 Å². The number of esters is 1. The van der Waals surface area contributed by atoms with Crippen LogP contribution in [0.5, 0.6) is 0 Å². The Morgan fingerprint density at radius 3 is 3.08 bits per heavy atom. The topological polar surface area (TPSA) is 108 Å². The molecule has 1 N–H and O–H groups in total. The highest BCUT2D eigenvalue weighted by atomic mass is 32.1. The number of pyridine rings is 1. The summed E-state index contributed by atoms with van der Waals surface area (Å²) in [6, 6.07) is 5.83. The highest BCUT2D eigenvalue weighted by Gasteiger charge is 2.31. The summed E-state index contributed by atoms with van der Waals surface area (Å²) in [4.78, 5) is 20.7. The molecule has 3 heterocycles. The molecule has 0 aliphatic heterocycles. The highest BCUT2D eigenvalue weighted by Crippen LogP contribution is 2.36. The van der Waals surface area contributed by atoms with E-state index in [1.807, 2.05) is 18.2 Å². The van der Waals surface area contributed by atoms with Crippen LogP contribution in [0.4, 0.5) is 10.9 Å². The molecular formula is C15H15N7O2S. The van der Waals surface area contributed by atoms with Crippen molar-refractivity contribution in [2.45, 2.75) is 31.9 Å². The van der Waals surface area contributed by atoms with Gasteiger partial charge in [-0.05, 0) is 42.3 Å². The predicted octanol–water partition coefficient (Wildman–Crippen LogP) is 2.52. The summed E-state index contributed by atoms with van der Waals surface area (Å²) in [6.45, 7) is 1.75. The predicted molar refractivity (Wildman–Crippen MR) is 89.6 cm³/mol. The smallest absolute Gasteiger partial charge is 0.358 e. The fourth-order valence-electron chi connectivity index (χ4n) is 2.29. The van der Waals surface area contributed by atoms with E-state index in [4.69, 9.17) is 4.74 Å². The van der Waals surface area contributed by atoms with Crippen LogP contribution in [-0.4, -0.2) is 36.1 Å². The van der Waals surface area contributed by atoms with Gasteiger partial charge in [-0.25, -0.2) is 19.4 Å². The molecule has 9 nitrogen and oxygen atoms in total. The lowest BCUT2D eigenvalue weighted by Crippen LogP contribution is -2.14. The molecule has 128 valence electrons. The van der Waals surface area contributed by atoms with Gasteiger partial charge in [-0.2, -0.15) is 0 Å². The molecule has 0 bridgehead atoms. The first-order chi connectivity index (χ1) is 12.2. The van der Waals surface area contributed by atoms with Gasteiger partial charge in [-0.15, -0.1) is 16.4 Å². The number of carbonyl (C=O) groups excluding carboxylic acids is 1. The van der Waals surface area contributed by atoms with Crippen molar-refractivity contribution >= 4 is 28.3 Å². The third kappa shape index (κ3) is 3.48. The molecule has 3 aromatic heterocycles. The van der Waals surface area contributed by atoms with Crippen LogP contribution in [0.2, 0.25) is 0 Å². The number of ether oxygens (including phenoxy) is 1. The van der Waals surface area contributed by atoms with E-state index in [0.29, 0.717) is 22.8 Å². The second-order valence-corrected chi connectivity index (χ2v) is 6.50. The molecule has 0 saturated heterocycles. The van der Waals surface area contributed by atoms with E-state index in [1.165, 1.54) is 11.3 Å². The van der Waals surface area contributed by atoms with Crippen LogP contribution in [0.25, 0.3) is 0 Å². The number of nitrogens with one attached hydrogen (secondary N) is 1. The molecule has 0 radical (unpaired) electrons. The van der Waals surface area contributed by atoms with Gasteiger partial charge in [-0.3, -0.25) is 0 Å². The average molecular weight is 357 g/mol. The number of carbonyl (C=O) groups is 1. The first-order valence-corrected chi connectivity index (χ1v) is 8.71. The number of nitrogens with zero attached hydrogens (tertiary/aromatic N) is 6. The second kappa shape index (κ2) is 6.55. The van der Waals surface area contributed by atoms with E-state index in [0.717, 1.165) is 12.8 Å². The van der Waals surface area contributed by atoms with Crippen molar-refractivity contribution in [3.8, 4) is 0 Å². The van der Waals surface area contributed by atoms with E-state index in [1.54, 1.807) is 23.2 Å². The summed E-state index contributed by atoms with van der Waals surface area (Å²) < 4.78 is 7.19. The number of thiazole rings is 1. The minimum absolute atomic E-state index is 0.237. The van der Waals surface area contributed by atoms with Gasteiger partial charge in [0.25, 0.3) is 0 Å². The average Bonchev–Trinajstić information content (AvgIpc) is 3.16. The highest BCUT2D eigenvalue weighted by molar-refractivity contribution is 7.14. The largest absolute Gasteiger partial charge is 0.450 e. The lowest BCUT2D eigenvalue weighted by Gasteiger charge is -2.11. The summed E-state index contributed by atoms with van der Waals surface area (Å²) >= 11 is 1.31. The molecular weight excluding hydrogens is 342 g/mol. The van der Waals surface area contributed by atoms with Gasteiger partial charge in [0.1, 0.15) is 5.82 Å². The summed E-state index contributed by atoms with van der Waals surface area (Å²) in [5.41, 5.74) is 0.237. The Bertz CT molecular complexity index is 875. The molecule has 4 rings (SSSR count). The zero-order valence-electron chi connectivity index (χ0n) is 13.4. The van der Waals surface area contributed by atoms with Crippen molar-refractivity contribution in [3.63, 3.8) is 0 Å². The van der Waals surface area contributed by atoms with Crippen molar-refractivity contribution in [2.75, 3.05) is 5.32 Å². The van der Waals surface area contributed by atoms with Crippen LogP contribution < -0.4 is 5.32 Å². The lowest BCUT2D eigenvalue weighted by atomic mass is 10.3. The SMILES string of the molecule is CC(OC(=O)c1csc(Nc2ccccn2)n1)c1nnnn1C1CC1. The maximum atomic E-state index is 12.3. The van der Waals surface area contributed by atoms with Crippen LogP contribution in [0, 0.1) is 0 Å². The number of hydrogen-bond acceptors (Lipinski definition) is 9.